The van der Waals surface area contributed by atoms with Crippen LogP contribution in [-0.4, -0.2) is 51.9 Å². The van der Waals surface area contributed by atoms with Gasteiger partial charge in [0.2, 0.25) is 11.6 Å². The predicted molar refractivity (Wildman–Crippen MR) is 136 cm³/mol. The van der Waals surface area contributed by atoms with E-state index in [1.807, 2.05) is 51.6 Å². The summed E-state index contributed by atoms with van der Waals surface area (Å²) in [6.45, 7) is 6.24. The lowest BCUT2D eigenvalue weighted by Gasteiger charge is -2.40. The van der Waals surface area contributed by atoms with E-state index in [1.54, 1.807) is 6.26 Å². The molecular weight excluding hydrogens is 438 g/mol. The number of furan rings is 1. The fourth-order valence-electron chi connectivity index (χ4n) is 4.90. The van der Waals surface area contributed by atoms with Crippen molar-refractivity contribution < 1.29 is 14.0 Å². The number of nitrogens with zero attached hydrogens (tertiary/aromatic N) is 3. The molecule has 2 aromatic carbocycles. The number of hydrogen-bond donors (Lipinski definition) is 0. The number of piperazine rings is 1. The highest BCUT2D eigenvalue weighted by Gasteiger charge is 2.31. The Labute approximate surface area is 205 Å². The highest BCUT2D eigenvalue weighted by molar-refractivity contribution is 5.98. The molecule has 5 rings (SSSR count). The Morgan fingerprint density at radius 3 is 2.49 bits per heavy atom. The first-order valence-corrected chi connectivity index (χ1v) is 12.2. The molecule has 6 heteroatoms. The minimum Gasteiger partial charge on any atom is -0.448 e. The maximum atomic E-state index is 13.6. The minimum atomic E-state index is -0.0283. The Morgan fingerprint density at radius 1 is 0.971 bits per heavy atom. The topological polar surface area (TPSA) is 58.7 Å². The van der Waals surface area contributed by atoms with Crippen molar-refractivity contribution in [1.82, 2.24) is 14.4 Å². The first-order chi connectivity index (χ1) is 17.0. The van der Waals surface area contributed by atoms with Gasteiger partial charge in [0.1, 0.15) is 5.69 Å². The smallest absolute Gasteiger partial charge is 0.270 e. The third-order valence-electron chi connectivity index (χ3n) is 6.89. The molecule has 1 aliphatic heterocycles. The molecule has 4 aromatic rings. The monoisotopic (exact) mass is 469 g/mol. The third kappa shape index (κ3) is 4.87. The first kappa shape index (κ1) is 23.0. The Bertz CT molecular complexity index is 1320. The zero-order chi connectivity index (χ0) is 24.4. The van der Waals surface area contributed by atoms with Crippen molar-refractivity contribution in [3.05, 3.63) is 95.4 Å². The van der Waals surface area contributed by atoms with Gasteiger partial charge in [-0.1, -0.05) is 60.2 Å². The van der Waals surface area contributed by atoms with E-state index in [0.717, 1.165) is 17.4 Å². The molecule has 0 saturated carbocycles. The fraction of sp³-hybridized carbons (Fsp3) is 0.310. The van der Waals surface area contributed by atoms with E-state index in [9.17, 15) is 9.59 Å². The van der Waals surface area contributed by atoms with Gasteiger partial charge in [0.05, 0.1) is 12.8 Å². The second-order valence-corrected chi connectivity index (χ2v) is 9.46. The molecule has 0 radical (unpaired) electrons. The van der Waals surface area contributed by atoms with Crippen LogP contribution in [0.4, 0.5) is 0 Å². The summed E-state index contributed by atoms with van der Waals surface area (Å²) in [7, 11) is 0. The van der Waals surface area contributed by atoms with Crippen molar-refractivity contribution in [1.29, 1.82) is 0 Å². The van der Waals surface area contributed by atoms with Gasteiger partial charge >= 0.3 is 0 Å². The van der Waals surface area contributed by atoms with Gasteiger partial charge in [-0.25, -0.2) is 0 Å². The molecule has 1 aliphatic rings. The molecule has 0 N–H and O–H groups in total. The van der Waals surface area contributed by atoms with Crippen molar-refractivity contribution in [3.63, 3.8) is 0 Å². The summed E-state index contributed by atoms with van der Waals surface area (Å²) in [5, 5.41) is 0.920. The SMILES string of the molecule is Cc1ccc(Cn2c(C(=O)N3CCN(C(=O)CCc4ccccc4)[C@H](C)C3)cc3ccoc32)cc1. The molecule has 180 valence electrons. The molecule has 2 amide bonds. The van der Waals surface area contributed by atoms with E-state index < -0.39 is 0 Å². The average Bonchev–Trinajstić information content (AvgIpc) is 3.46. The summed E-state index contributed by atoms with van der Waals surface area (Å²) < 4.78 is 7.70. The average molecular weight is 470 g/mol. The number of aryl methyl sites for hydroxylation is 2. The van der Waals surface area contributed by atoms with Crippen LogP contribution in [0, 0.1) is 6.92 Å². The zero-order valence-electron chi connectivity index (χ0n) is 20.3. The summed E-state index contributed by atoms with van der Waals surface area (Å²) in [5.41, 5.74) is 4.81. The molecule has 1 atom stereocenters. The summed E-state index contributed by atoms with van der Waals surface area (Å²) in [4.78, 5) is 30.3. The van der Waals surface area contributed by atoms with Gasteiger partial charge in [-0.05, 0) is 43.5 Å². The standard InChI is InChI=1S/C29H31N3O3/c1-21-8-10-24(11-9-21)20-32-26(18-25-14-17-35-29(25)32)28(34)30-15-16-31(22(2)19-30)27(33)13-12-23-6-4-3-5-7-23/h3-11,14,17-18,22H,12-13,15-16,19-20H2,1-2H3/t22-/m1/s1. The Morgan fingerprint density at radius 2 is 1.74 bits per heavy atom. The molecular formula is C29H31N3O3. The van der Waals surface area contributed by atoms with Crippen LogP contribution in [0.1, 0.15) is 40.5 Å². The molecule has 2 aromatic heterocycles. The van der Waals surface area contributed by atoms with Crippen LogP contribution in [-0.2, 0) is 17.8 Å². The summed E-state index contributed by atoms with van der Waals surface area (Å²) in [6, 6.07) is 22.2. The van der Waals surface area contributed by atoms with Gasteiger partial charge in [0, 0.05) is 37.5 Å². The van der Waals surface area contributed by atoms with E-state index >= 15 is 0 Å². The predicted octanol–water partition coefficient (Wildman–Crippen LogP) is 4.90. The molecule has 1 fully saturated rings. The molecule has 0 spiro atoms. The number of carbonyl (C=O) groups is 2. The molecule has 1 saturated heterocycles. The quantitative estimate of drug-likeness (QED) is 0.404. The molecule has 0 unspecified atom stereocenters. The molecule has 0 aliphatic carbocycles. The fourth-order valence-corrected chi connectivity index (χ4v) is 4.90. The number of hydrogen-bond acceptors (Lipinski definition) is 3. The Hall–Kier alpha value is -3.80. The summed E-state index contributed by atoms with van der Waals surface area (Å²) >= 11 is 0. The summed E-state index contributed by atoms with van der Waals surface area (Å²) in [6.07, 6.45) is 2.88. The normalized spacial score (nSPS) is 16.1. The van der Waals surface area contributed by atoms with E-state index in [-0.39, 0.29) is 17.9 Å². The lowest BCUT2D eigenvalue weighted by Crippen LogP contribution is -2.55. The van der Waals surface area contributed by atoms with Gasteiger partial charge in [0.25, 0.3) is 5.91 Å². The highest BCUT2D eigenvalue weighted by Crippen LogP contribution is 2.25. The van der Waals surface area contributed by atoms with Crippen LogP contribution in [0.2, 0.25) is 0 Å². The van der Waals surface area contributed by atoms with Crippen LogP contribution in [0.3, 0.4) is 0 Å². The summed E-state index contributed by atoms with van der Waals surface area (Å²) in [5.74, 6) is 0.125. The van der Waals surface area contributed by atoms with E-state index in [4.69, 9.17) is 4.42 Å². The van der Waals surface area contributed by atoms with Gasteiger partial charge < -0.3 is 18.8 Å². The molecule has 35 heavy (non-hydrogen) atoms. The van der Waals surface area contributed by atoms with Crippen molar-refractivity contribution in [2.75, 3.05) is 19.6 Å². The van der Waals surface area contributed by atoms with Gasteiger partial charge in [0.15, 0.2) is 0 Å². The van der Waals surface area contributed by atoms with Crippen LogP contribution in [0.5, 0.6) is 0 Å². The van der Waals surface area contributed by atoms with E-state index in [2.05, 4.69) is 43.3 Å². The largest absolute Gasteiger partial charge is 0.448 e. The van der Waals surface area contributed by atoms with E-state index in [0.29, 0.717) is 44.0 Å². The van der Waals surface area contributed by atoms with Crippen molar-refractivity contribution >= 4 is 22.9 Å². The van der Waals surface area contributed by atoms with Crippen LogP contribution in [0.25, 0.3) is 11.1 Å². The minimum absolute atomic E-state index is 0.0215. The number of fused-ring (bicyclic) bond motifs is 1. The third-order valence-corrected chi connectivity index (χ3v) is 6.89. The van der Waals surface area contributed by atoms with Crippen molar-refractivity contribution in [3.8, 4) is 0 Å². The van der Waals surface area contributed by atoms with Gasteiger partial charge in [-0.15, -0.1) is 0 Å². The van der Waals surface area contributed by atoms with Crippen molar-refractivity contribution in [2.45, 2.75) is 39.3 Å². The van der Waals surface area contributed by atoms with Crippen LogP contribution < -0.4 is 0 Å². The molecule has 0 bridgehead atoms. The molecule has 6 nitrogen and oxygen atoms in total. The van der Waals surface area contributed by atoms with Crippen LogP contribution >= 0.6 is 0 Å². The first-order valence-electron chi connectivity index (χ1n) is 12.2. The Balaban J connectivity index is 1.28. The van der Waals surface area contributed by atoms with Crippen LogP contribution in [0.15, 0.2) is 77.4 Å². The number of rotatable bonds is 6. The number of aromatic nitrogens is 1. The maximum absolute atomic E-state index is 13.6. The van der Waals surface area contributed by atoms with Gasteiger partial charge in [-0.2, -0.15) is 0 Å². The lowest BCUT2D eigenvalue weighted by molar-refractivity contribution is -0.135. The van der Waals surface area contributed by atoms with Crippen molar-refractivity contribution in [2.24, 2.45) is 0 Å². The maximum Gasteiger partial charge on any atom is 0.270 e. The van der Waals surface area contributed by atoms with E-state index in [1.165, 1.54) is 11.1 Å². The highest BCUT2D eigenvalue weighted by atomic mass is 16.3. The Kier molecular flexibility index (Phi) is 6.45. The number of benzene rings is 2. The number of carbonyl (C=O) groups excluding carboxylic acids is 2. The zero-order valence-corrected chi connectivity index (χ0v) is 20.3. The number of amides is 2. The van der Waals surface area contributed by atoms with Gasteiger partial charge in [-0.3, -0.25) is 9.59 Å². The lowest BCUT2D eigenvalue weighted by atomic mass is 10.1. The molecule has 3 heterocycles. The second kappa shape index (κ2) is 9.82. The second-order valence-electron chi connectivity index (χ2n) is 9.46.